The van der Waals surface area contributed by atoms with Gasteiger partial charge in [-0.1, -0.05) is 0 Å². The van der Waals surface area contributed by atoms with Gasteiger partial charge in [-0.3, -0.25) is 19.0 Å². The number of carbonyl (C=O) groups is 2. The molecule has 3 heterocycles. The molecular weight excluding hydrogens is 388 g/mol. The summed E-state index contributed by atoms with van der Waals surface area (Å²) in [7, 11) is 3.06. The van der Waals surface area contributed by atoms with Gasteiger partial charge in [0.15, 0.2) is 11.5 Å². The zero-order chi connectivity index (χ0) is 21.4. The third-order valence-corrected chi connectivity index (χ3v) is 5.98. The number of hydrogen-bond donors (Lipinski definition) is 0. The van der Waals surface area contributed by atoms with E-state index < -0.39 is 6.04 Å². The van der Waals surface area contributed by atoms with Crippen molar-refractivity contribution in [3.63, 3.8) is 0 Å². The maximum atomic E-state index is 13.1. The molecule has 1 aromatic carbocycles. The van der Waals surface area contributed by atoms with E-state index in [1.54, 1.807) is 33.4 Å². The Morgan fingerprint density at radius 2 is 1.77 bits per heavy atom. The quantitative estimate of drug-likeness (QED) is 0.735. The molecule has 160 valence electrons. The minimum Gasteiger partial charge on any atom is -0.493 e. The Labute approximate surface area is 174 Å². The molecule has 1 unspecified atom stereocenters. The molecule has 4 rings (SSSR count). The molecule has 0 saturated carbocycles. The predicted molar refractivity (Wildman–Crippen MR) is 110 cm³/mol. The smallest absolute Gasteiger partial charge is 0.261 e. The van der Waals surface area contributed by atoms with Gasteiger partial charge < -0.3 is 19.3 Å². The van der Waals surface area contributed by atoms with Crippen LogP contribution in [-0.2, 0) is 22.6 Å². The number of aromatic nitrogens is 2. The lowest BCUT2D eigenvalue weighted by Crippen LogP contribution is -2.48. The van der Waals surface area contributed by atoms with E-state index in [-0.39, 0.29) is 17.4 Å². The van der Waals surface area contributed by atoms with Crippen LogP contribution in [0.15, 0.2) is 16.9 Å². The van der Waals surface area contributed by atoms with E-state index in [1.165, 1.54) is 14.2 Å². The maximum absolute atomic E-state index is 13.1. The van der Waals surface area contributed by atoms with Gasteiger partial charge in [0.1, 0.15) is 11.9 Å². The molecular formula is C21H26N4O5. The van der Waals surface area contributed by atoms with E-state index >= 15 is 0 Å². The molecule has 0 radical (unpaired) electrons. The number of methoxy groups -OCH3 is 2. The first-order chi connectivity index (χ1) is 14.4. The van der Waals surface area contributed by atoms with Crippen LogP contribution in [0.25, 0.3) is 10.9 Å². The molecule has 0 bridgehead atoms. The average molecular weight is 414 g/mol. The van der Waals surface area contributed by atoms with E-state index in [4.69, 9.17) is 9.47 Å². The number of rotatable bonds is 4. The zero-order valence-electron chi connectivity index (χ0n) is 17.5. The summed E-state index contributed by atoms with van der Waals surface area (Å²) in [6.07, 6.45) is 1.76. The van der Waals surface area contributed by atoms with Crippen molar-refractivity contribution in [3.05, 3.63) is 28.3 Å². The van der Waals surface area contributed by atoms with Gasteiger partial charge >= 0.3 is 0 Å². The highest BCUT2D eigenvalue weighted by atomic mass is 16.5. The Kier molecular flexibility index (Phi) is 5.36. The highest BCUT2D eigenvalue weighted by Crippen LogP contribution is 2.30. The van der Waals surface area contributed by atoms with E-state index in [1.807, 2.05) is 0 Å². The number of amides is 2. The number of nitrogens with zero attached hydrogens (tertiary/aromatic N) is 4. The highest BCUT2D eigenvalue weighted by Gasteiger charge is 2.33. The van der Waals surface area contributed by atoms with Crippen LogP contribution < -0.4 is 15.0 Å². The molecule has 9 heteroatoms. The summed E-state index contributed by atoms with van der Waals surface area (Å²) in [6.45, 7) is 3.61. The summed E-state index contributed by atoms with van der Waals surface area (Å²) in [4.78, 5) is 46.2. The zero-order valence-corrected chi connectivity index (χ0v) is 17.5. The van der Waals surface area contributed by atoms with Gasteiger partial charge in [-0.2, -0.15) is 0 Å². The average Bonchev–Trinajstić information content (AvgIpc) is 3.07. The van der Waals surface area contributed by atoms with E-state index in [2.05, 4.69) is 4.98 Å². The van der Waals surface area contributed by atoms with Crippen LogP contribution in [0.4, 0.5) is 0 Å². The predicted octanol–water partition coefficient (Wildman–Crippen LogP) is 0.809. The third kappa shape index (κ3) is 3.38. The number of ether oxygens (including phenoxy) is 2. The number of likely N-dealkylation sites (tertiary alicyclic amines) is 1. The Bertz CT molecular complexity index is 1060. The molecule has 0 spiro atoms. The fraction of sp³-hybridized carbons (Fsp3) is 0.524. The van der Waals surface area contributed by atoms with Gasteiger partial charge in [0.05, 0.1) is 25.1 Å². The molecule has 1 fully saturated rings. The standard InChI is InChI=1S/C21H26N4O5/c1-13(24-7-4-5-19(24)26)20(27)23-8-6-18-22-15-12-17(30-3)16(29-2)11-14(15)21(28)25(18)10-9-23/h11-13H,4-10H2,1-3H3. The molecule has 2 amide bonds. The minimum atomic E-state index is -0.488. The van der Waals surface area contributed by atoms with E-state index in [0.29, 0.717) is 67.2 Å². The topological polar surface area (TPSA) is 94.0 Å². The Morgan fingerprint density at radius 3 is 2.43 bits per heavy atom. The van der Waals surface area contributed by atoms with Crippen LogP contribution in [-0.4, -0.2) is 71.1 Å². The van der Waals surface area contributed by atoms with Crippen molar-refractivity contribution in [2.45, 2.75) is 38.8 Å². The van der Waals surface area contributed by atoms with Crippen LogP contribution in [0.2, 0.25) is 0 Å². The van der Waals surface area contributed by atoms with Crippen molar-refractivity contribution in [3.8, 4) is 11.5 Å². The van der Waals surface area contributed by atoms with Crippen LogP contribution in [0.5, 0.6) is 11.5 Å². The molecule has 0 aliphatic carbocycles. The molecule has 2 aliphatic heterocycles. The largest absolute Gasteiger partial charge is 0.493 e. The Hall–Kier alpha value is -3.10. The first kappa shape index (κ1) is 20.2. The molecule has 30 heavy (non-hydrogen) atoms. The lowest BCUT2D eigenvalue weighted by molar-refractivity contribution is -0.142. The lowest BCUT2D eigenvalue weighted by atomic mass is 10.2. The fourth-order valence-electron chi connectivity index (χ4n) is 4.28. The summed E-state index contributed by atoms with van der Waals surface area (Å²) >= 11 is 0. The maximum Gasteiger partial charge on any atom is 0.261 e. The van der Waals surface area contributed by atoms with Crippen molar-refractivity contribution in [2.24, 2.45) is 0 Å². The molecule has 0 N–H and O–H groups in total. The summed E-state index contributed by atoms with van der Waals surface area (Å²) in [5, 5.41) is 0.451. The van der Waals surface area contributed by atoms with Gasteiger partial charge in [-0.05, 0) is 19.4 Å². The van der Waals surface area contributed by atoms with Gasteiger partial charge in [-0.25, -0.2) is 4.98 Å². The SMILES string of the molecule is COc1cc2nc3n(c(=O)c2cc1OC)CCN(C(=O)C(C)N1CCCC1=O)CC3. The second-order valence-electron chi connectivity index (χ2n) is 7.65. The fourth-order valence-corrected chi connectivity index (χ4v) is 4.28. The third-order valence-electron chi connectivity index (χ3n) is 5.98. The van der Waals surface area contributed by atoms with E-state index in [0.717, 1.165) is 6.42 Å². The normalized spacial score (nSPS) is 17.6. The minimum absolute atomic E-state index is 0.0287. The van der Waals surface area contributed by atoms with Gasteiger partial charge in [0, 0.05) is 45.1 Å². The van der Waals surface area contributed by atoms with Crippen LogP contribution in [0, 0.1) is 0 Å². The van der Waals surface area contributed by atoms with E-state index in [9.17, 15) is 14.4 Å². The molecule has 1 atom stereocenters. The van der Waals surface area contributed by atoms with Crippen molar-refractivity contribution in [1.29, 1.82) is 0 Å². The van der Waals surface area contributed by atoms with Crippen LogP contribution in [0.3, 0.4) is 0 Å². The number of hydrogen-bond acceptors (Lipinski definition) is 6. The summed E-state index contributed by atoms with van der Waals surface area (Å²) in [6, 6.07) is 2.86. The number of carbonyl (C=O) groups excluding carboxylic acids is 2. The van der Waals surface area contributed by atoms with Crippen molar-refractivity contribution >= 4 is 22.7 Å². The van der Waals surface area contributed by atoms with Crippen LogP contribution in [0.1, 0.15) is 25.6 Å². The number of benzene rings is 1. The summed E-state index contributed by atoms with van der Waals surface area (Å²) < 4.78 is 12.3. The summed E-state index contributed by atoms with van der Waals surface area (Å²) in [5.41, 5.74) is 0.382. The molecule has 9 nitrogen and oxygen atoms in total. The van der Waals surface area contributed by atoms with Crippen molar-refractivity contribution in [2.75, 3.05) is 33.9 Å². The second-order valence-corrected chi connectivity index (χ2v) is 7.65. The van der Waals surface area contributed by atoms with Gasteiger partial charge in [0.2, 0.25) is 11.8 Å². The lowest BCUT2D eigenvalue weighted by Gasteiger charge is -2.29. The first-order valence-corrected chi connectivity index (χ1v) is 10.2. The molecule has 2 aliphatic rings. The highest BCUT2D eigenvalue weighted by molar-refractivity contribution is 5.88. The Balaban J connectivity index is 1.62. The van der Waals surface area contributed by atoms with Crippen LogP contribution >= 0.6 is 0 Å². The van der Waals surface area contributed by atoms with Gasteiger partial charge in [0.25, 0.3) is 5.56 Å². The monoisotopic (exact) mass is 414 g/mol. The number of fused-ring (bicyclic) bond motifs is 2. The van der Waals surface area contributed by atoms with Crippen molar-refractivity contribution < 1.29 is 19.1 Å². The molecule has 1 aromatic heterocycles. The van der Waals surface area contributed by atoms with Crippen molar-refractivity contribution in [1.82, 2.24) is 19.4 Å². The first-order valence-electron chi connectivity index (χ1n) is 10.2. The molecule has 2 aromatic rings. The summed E-state index contributed by atoms with van der Waals surface area (Å²) in [5.74, 6) is 1.57. The Morgan fingerprint density at radius 1 is 1.03 bits per heavy atom. The molecule has 1 saturated heterocycles. The van der Waals surface area contributed by atoms with Gasteiger partial charge in [-0.15, -0.1) is 0 Å². The second kappa shape index (κ2) is 7.97.